The summed E-state index contributed by atoms with van der Waals surface area (Å²) in [5, 5.41) is 3.62. The molecule has 2 rings (SSSR count). The van der Waals surface area contributed by atoms with Crippen LogP contribution in [-0.4, -0.2) is 19.8 Å². The van der Waals surface area contributed by atoms with Crippen molar-refractivity contribution in [2.45, 2.75) is 25.5 Å². The van der Waals surface area contributed by atoms with Gasteiger partial charge in [0.2, 0.25) is 0 Å². The first-order chi connectivity index (χ1) is 8.13. The van der Waals surface area contributed by atoms with Crippen LogP contribution in [0.1, 0.15) is 24.9 Å². The molecule has 0 amide bonds. The summed E-state index contributed by atoms with van der Waals surface area (Å²) in [4.78, 5) is 0. The van der Waals surface area contributed by atoms with Crippen LogP contribution in [0.4, 0.5) is 4.39 Å². The molecule has 1 aromatic carbocycles. The molecule has 0 bridgehead atoms. The summed E-state index contributed by atoms with van der Waals surface area (Å²) < 4.78 is 19.4. The van der Waals surface area contributed by atoms with E-state index in [1.54, 1.807) is 12.1 Å². The van der Waals surface area contributed by atoms with Crippen molar-refractivity contribution in [3.63, 3.8) is 0 Å². The van der Waals surface area contributed by atoms with Crippen molar-refractivity contribution in [1.82, 2.24) is 5.32 Å². The van der Waals surface area contributed by atoms with Gasteiger partial charge in [0.05, 0.1) is 6.10 Å². The molecule has 0 aliphatic carbocycles. The van der Waals surface area contributed by atoms with Crippen molar-refractivity contribution in [3.05, 3.63) is 34.6 Å². The van der Waals surface area contributed by atoms with Gasteiger partial charge in [-0.15, -0.1) is 0 Å². The molecule has 4 heteroatoms. The number of ether oxygens (including phenoxy) is 1. The molecular formula is C13H17ClFNO. The van der Waals surface area contributed by atoms with Gasteiger partial charge in [0.25, 0.3) is 0 Å². The predicted octanol–water partition coefficient (Wildman–Crippen LogP) is 3.16. The van der Waals surface area contributed by atoms with Crippen molar-refractivity contribution in [2.24, 2.45) is 5.92 Å². The Morgan fingerprint density at radius 2 is 2.29 bits per heavy atom. The van der Waals surface area contributed by atoms with Gasteiger partial charge < -0.3 is 10.1 Å². The van der Waals surface area contributed by atoms with E-state index < -0.39 is 0 Å². The van der Waals surface area contributed by atoms with Crippen molar-refractivity contribution in [3.8, 4) is 0 Å². The quantitative estimate of drug-likeness (QED) is 0.898. The van der Waals surface area contributed by atoms with Crippen LogP contribution in [0.2, 0.25) is 5.02 Å². The fraction of sp³-hybridized carbons (Fsp3) is 0.538. The first-order valence-corrected chi connectivity index (χ1v) is 6.25. The van der Waals surface area contributed by atoms with E-state index in [0.29, 0.717) is 16.5 Å². The Hall–Kier alpha value is -0.640. The van der Waals surface area contributed by atoms with E-state index in [4.69, 9.17) is 16.3 Å². The summed E-state index contributed by atoms with van der Waals surface area (Å²) in [6.07, 6.45) is 1.11. The maximum atomic E-state index is 13.9. The summed E-state index contributed by atoms with van der Waals surface area (Å²) >= 11 is 5.77. The lowest BCUT2D eigenvalue weighted by molar-refractivity contribution is 0.0959. The first kappa shape index (κ1) is 12.8. The third kappa shape index (κ3) is 2.62. The van der Waals surface area contributed by atoms with E-state index in [-0.39, 0.29) is 18.0 Å². The molecule has 1 saturated heterocycles. The molecule has 1 aromatic rings. The van der Waals surface area contributed by atoms with Crippen LogP contribution >= 0.6 is 11.6 Å². The number of hydrogen-bond acceptors (Lipinski definition) is 2. The minimum atomic E-state index is -0.254. The summed E-state index contributed by atoms with van der Waals surface area (Å²) in [7, 11) is 1.85. The second-order valence-corrected chi connectivity index (χ2v) is 4.90. The van der Waals surface area contributed by atoms with Gasteiger partial charge in [0.15, 0.2) is 0 Å². The second kappa shape index (κ2) is 5.34. The molecule has 0 radical (unpaired) electrons. The zero-order valence-corrected chi connectivity index (χ0v) is 10.8. The molecule has 0 saturated carbocycles. The normalized spacial score (nSPS) is 26.1. The zero-order chi connectivity index (χ0) is 12.4. The maximum absolute atomic E-state index is 13.9. The number of benzene rings is 1. The van der Waals surface area contributed by atoms with Crippen molar-refractivity contribution in [2.75, 3.05) is 13.7 Å². The average Bonchev–Trinajstić information content (AvgIpc) is 2.69. The molecular weight excluding hydrogens is 241 g/mol. The van der Waals surface area contributed by atoms with Gasteiger partial charge in [0.1, 0.15) is 5.82 Å². The Morgan fingerprint density at radius 3 is 2.82 bits per heavy atom. The van der Waals surface area contributed by atoms with Crippen LogP contribution in [-0.2, 0) is 4.74 Å². The van der Waals surface area contributed by atoms with Crippen LogP contribution < -0.4 is 5.32 Å². The highest BCUT2D eigenvalue weighted by molar-refractivity contribution is 6.30. The fourth-order valence-corrected chi connectivity index (χ4v) is 2.70. The van der Waals surface area contributed by atoms with E-state index in [2.05, 4.69) is 5.32 Å². The second-order valence-electron chi connectivity index (χ2n) is 4.46. The third-order valence-electron chi connectivity index (χ3n) is 3.47. The highest BCUT2D eigenvalue weighted by Gasteiger charge is 2.33. The minimum Gasteiger partial charge on any atom is -0.378 e. The fourth-order valence-electron chi connectivity index (χ4n) is 2.54. The number of nitrogens with one attached hydrogen (secondary N) is 1. The zero-order valence-electron chi connectivity index (χ0n) is 10.0. The molecule has 17 heavy (non-hydrogen) atoms. The van der Waals surface area contributed by atoms with Gasteiger partial charge in [-0.25, -0.2) is 4.39 Å². The Labute approximate surface area is 106 Å². The monoisotopic (exact) mass is 257 g/mol. The number of hydrogen-bond donors (Lipinski definition) is 1. The SMILES string of the molecule is CNC(c1ccc(Cl)cc1F)C1CCOC1C. The minimum absolute atomic E-state index is 0.0234. The summed E-state index contributed by atoms with van der Waals surface area (Å²) in [5.41, 5.74) is 0.666. The molecule has 3 atom stereocenters. The van der Waals surface area contributed by atoms with E-state index in [1.807, 2.05) is 14.0 Å². The lowest BCUT2D eigenvalue weighted by Crippen LogP contribution is -2.30. The summed E-state index contributed by atoms with van der Waals surface area (Å²) in [5.74, 6) is 0.0478. The number of halogens is 2. The molecule has 3 unspecified atom stereocenters. The van der Waals surface area contributed by atoms with Gasteiger partial charge in [-0.2, -0.15) is 0 Å². The van der Waals surface area contributed by atoms with E-state index >= 15 is 0 Å². The molecule has 1 aliphatic heterocycles. The average molecular weight is 258 g/mol. The molecule has 2 nitrogen and oxygen atoms in total. The Balaban J connectivity index is 2.28. The highest BCUT2D eigenvalue weighted by Crippen LogP contribution is 2.34. The molecule has 94 valence electrons. The maximum Gasteiger partial charge on any atom is 0.129 e. The van der Waals surface area contributed by atoms with Gasteiger partial charge in [-0.05, 0) is 32.5 Å². The molecule has 0 spiro atoms. The van der Waals surface area contributed by atoms with Gasteiger partial charge in [0, 0.05) is 29.2 Å². The van der Waals surface area contributed by atoms with Crippen LogP contribution in [0.15, 0.2) is 18.2 Å². The van der Waals surface area contributed by atoms with Gasteiger partial charge in [-0.3, -0.25) is 0 Å². The lowest BCUT2D eigenvalue weighted by Gasteiger charge is -2.26. The topological polar surface area (TPSA) is 21.3 Å². The van der Waals surface area contributed by atoms with Crippen LogP contribution in [0.25, 0.3) is 0 Å². The molecule has 1 aliphatic rings. The Bertz CT molecular complexity index is 399. The van der Waals surface area contributed by atoms with Crippen LogP contribution in [0.5, 0.6) is 0 Å². The van der Waals surface area contributed by atoms with Crippen molar-refractivity contribution in [1.29, 1.82) is 0 Å². The molecule has 1 heterocycles. The highest BCUT2D eigenvalue weighted by atomic mass is 35.5. The summed E-state index contributed by atoms with van der Waals surface area (Å²) in [6.45, 7) is 2.79. The van der Waals surface area contributed by atoms with Crippen molar-refractivity contribution >= 4 is 11.6 Å². The van der Waals surface area contributed by atoms with Crippen LogP contribution in [0.3, 0.4) is 0 Å². The van der Waals surface area contributed by atoms with E-state index in [9.17, 15) is 4.39 Å². The molecule has 0 aromatic heterocycles. The molecule has 1 fully saturated rings. The van der Waals surface area contributed by atoms with Gasteiger partial charge >= 0.3 is 0 Å². The first-order valence-electron chi connectivity index (χ1n) is 5.87. The predicted molar refractivity (Wildman–Crippen MR) is 66.7 cm³/mol. The lowest BCUT2D eigenvalue weighted by atomic mass is 9.88. The largest absolute Gasteiger partial charge is 0.378 e. The van der Waals surface area contributed by atoms with E-state index in [0.717, 1.165) is 13.0 Å². The smallest absolute Gasteiger partial charge is 0.129 e. The van der Waals surface area contributed by atoms with Gasteiger partial charge in [-0.1, -0.05) is 17.7 Å². The molecule has 1 N–H and O–H groups in total. The summed E-state index contributed by atoms with van der Waals surface area (Å²) in [6, 6.07) is 4.82. The van der Waals surface area contributed by atoms with E-state index in [1.165, 1.54) is 6.07 Å². The van der Waals surface area contributed by atoms with Crippen molar-refractivity contribution < 1.29 is 9.13 Å². The Morgan fingerprint density at radius 1 is 1.53 bits per heavy atom. The number of rotatable bonds is 3. The van der Waals surface area contributed by atoms with Crippen LogP contribution in [0, 0.1) is 11.7 Å². The standard InChI is InChI=1S/C13H17ClFNO/c1-8-10(5-6-17-8)13(16-2)11-4-3-9(14)7-12(11)15/h3-4,7-8,10,13,16H,5-6H2,1-2H3. The third-order valence-corrected chi connectivity index (χ3v) is 3.71. The Kier molecular flexibility index (Phi) is 4.02.